The van der Waals surface area contributed by atoms with E-state index in [1.165, 1.54) is 5.56 Å². The second-order valence-corrected chi connectivity index (χ2v) is 5.55. The van der Waals surface area contributed by atoms with Gasteiger partial charge in [-0.25, -0.2) is 4.79 Å². The summed E-state index contributed by atoms with van der Waals surface area (Å²) in [5.74, 6) is 0. The van der Waals surface area contributed by atoms with E-state index in [0.717, 1.165) is 18.7 Å². The van der Waals surface area contributed by atoms with Crippen molar-refractivity contribution >= 4 is 11.8 Å². The molecule has 2 N–H and O–H groups in total. The van der Waals surface area contributed by atoms with Crippen LogP contribution in [0, 0.1) is 0 Å². The molecule has 4 heteroatoms. The number of benzene rings is 1. The molecule has 2 rings (SSSR count). The maximum Gasteiger partial charge on any atom is 0.412 e. The molecule has 1 amide bonds. The number of anilines is 1. The third-order valence-electron chi connectivity index (χ3n) is 2.76. The Hall–Kier alpha value is -1.55. The highest BCUT2D eigenvalue weighted by Crippen LogP contribution is 2.25. The lowest BCUT2D eigenvalue weighted by atomic mass is 9.98. The van der Waals surface area contributed by atoms with Gasteiger partial charge in [0.05, 0.1) is 0 Å². The summed E-state index contributed by atoms with van der Waals surface area (Å²) < 4.78 is 5.22. The highest BCUT2D eigenvalue weighted by molar-refractivity contribution is 5.84. The summed E-state index contributed by atoms with van der Waals surface area (Å²) in [6, 6.07) is 8.29. The highest BCUT2D eigenvalue weighted by atomic mass is 16.6. The van der Waals surface area contributed by atoms with Crippen molar-refractivity contribution in [2.45, 2.75) is 38.8 Å². The fourth-order valence-corrected chi connectivity index (χ4v) is 1.83. The minimum atomic E-state index is -0.475. The van der Waals surface area contributed by atoms with E-state index in [9.17, 15) is 4.79 Å². The van der Waals surface area contributed by atoms with Gasteiger partial charge in [-0.05, 0) is 51.4 Å². The summed E-state index contributed by atoms with van der Waals surface area (Å²) in [4.78, 5) is 11.6. The maximum absolute atomic E-state index is 11.6. The summed E-state index contributed by atoms with van der Waals surface area (Å²) in [6.07, 6.45) is 0.733. The van der Waals surface area contributed by atoms with Gasteiger partial charge >= 0.3 is 6.09 Å². The number of carbonyl (C=O) groups is 1. The van der Waals surface area contributed by atoms with Crippen molar-refractivity contribution < 1.29 is 9.53 Å². The number of nitrogens with one attached hydrogen (secondary N) is 2. The molecule has 1 fully saturated rings. The molecular formula is C14H20N2O2. The van der Waals surface area contributed by atoms with Gasteiger partial charge in [-0.1, -0.05) is 12.1 Å². The van der Waals surface area contributed by atoms with Gasteiger partial charge in [0.25, 0.3) is 0 Å². The van der Waals surface area contributed by atoms with Gasteiger partial charge in [-0.15, -0.1) is 0 Å². The molecule has 1 aliphatic rings. The van der Waals surface area contributed by atoms with Crippen molar-refractivity contribution in [2.24, 2.45) is 0 Å². The zero-order valence-corrected chi connectivity index (χ0v) is 11.1. The van der Waals surface area contributed by atoms with Crippen LogP contribution in [0.15, 0.2) is 24.3 Å². The first kappa shape index (κ1) is 12.9. The molecule has 1 aromatic rings. The van der Waals surface area contributed by atoms with Crippen molar-refractivity contribution in [2.75, 3.05) is 11.9 Å². The lowest BCUT2D eigenvalue weighted by molar-refractivity contribution is 0.0636. The standard InChI is InChI=1S/C14H20N2O2/c1-14(2,3)18-13(17)16-11-6-4-5-10(9-11)12-7-8-15-12/h4-6,9,12,15H,7-8H2,1-3H3,(H,16,17)/t12-/m1/s1. The first-order valence-corrected chi connectivity index (χ1v) is 6.27. The molecule has 1 atom stereocenters. The Labute approximate surface area is 108 Å². The summed E-state index contributed by atoms with van der Waals surface area (Å²) in [5, 5.41) is 6.09. The number of ether oxygens (including phenoxy) is 1. The van der Waals surface area contributed by atoms with Crippen molar-refractivity contribution in [1.29, 1.82) is 0 Å². The van der Waals surface area contributed by atoms with Crippen LogP contribution >= 0.6 is 0 Å². The second kappa shape index (κ2) is 4.98. The molecule has 0 bridgehead atoms. The Morgan fingerprint density at radius 3 is 2.72 bits per heavy atom. The summed E-state index contributed by atoms with van der Waals surface area (Å²) in [6.45, 7) is 6.61. The van der Waals surface area contributed by atoms with Crippen LogP contribution in [-0.4, -0.2) is 18.2 Å². The van der Waals surface area contributed by atoms with E-state index in [2.05, 4.69) is 16.7 Å². The normalized spacial score (nSPS) is 18.9. The van der Waals surface area contributed by atoms with E-state index >= 15 is 0 Å². The van der Waals surface area contributed by atoms with Crippen LogP contribution in [0.4, 0.5) is 10.5 Å². The van der Waals surface area contributed by atoms with Crippen LogP contribution in [0.5, 0.6) is 0 Å². The van der Waals surface area contributed by atoms with E-state index in [1.807, 2.05) is 39.0 Å². The van der Waals surface area contributed by atoms with E-state index in [1.54, 1.807) is 0 Å². The zero-order valence-electron chi connectivity index (χ0n) is 11.1. The quantitative estimate of drug-likeness (QED) is 0.845. The summed E-state index contributed by atoms with van der Waals surface area (Å²) >= 11 is 0. The average molecular weight is 248 g/mol. The molecule has 1 aliphatic heterocycles. The number of carbonyl (C=O) groups excluding carboxylic acids is 1. The molecule has 4 nitrogen and oxygen atoms in total. The Balaban J connectivity index is 1.98. The van der Waals surface area contributed by atoms with Crippen molar-refractivity contribution in [3.05, 3.63) is 29.8 Å². The Bertz CT molecular complexity index is 434. The van der Waals surface area contributed by atoms with Gasteiger partial charge < -0.3 is 10.1 Å². The minimum absolute atomic E-state index is 0.416. The summed E-state index contributed by atoms with van der Waals surface area (Å²) in [5.41, 5.74) is 1.50. The van der Waals surface area contributed by atoms with E-state index in [-0.39, 0.29) is 0 Å². The van der Waals surface area contributed by atoms with E-state index in [0.29, 0.717) is 6.04 Å². The molecule has 0 radical (unpaired) electrons. The molecule has 18 heavy (non-hydrogen) atoms. The third-order valence-corrected chi connectivity index (χ3v) is 2.76. The van der Waals surface area contributed by atoms with Gasteiger partial charge in [0.1, 0.15) is 5.60 Å². The molecule has 1 saturated heterocycles. The smallest absolute Gasteiger partial charge is 0.412 e. The predicted molar refractivity (Wildman–Crippen MR) is 71.7 cm³/mol. The predicted octanol–water partition coefficient (Wildman–Crippen LogP) is 3.07. The Morgan fingerprint density at radius 2 is 2.17 bits per heavy atom. The van der Waals surface area contributed by atoms with Gasteiger partial charge in [0.2, 0.25) is 0 Å². The van der Waals surface area contributed by atoms with Gasteiger partial charge in [-0.2, -0.15) is 0 Å². The lowest BCUT2D eigenvalue weighted by Gasteiger charge is -2.28. The first-order chi connectivity index (χ1) is 8.44. The monoisotopic (exact) mass is 248 g/mol. The van der Waals surface area contributed by atoms with Crippen LogP contribution in [0.1, 0.15) is 38.8 Å². The summed E-state index contributed by atoms with van der Waals surface area (Å²) in [7, 11) is 0. The maximum atomic E-state index is 11.6. The average Bonchev–Trinajstić information content (AvgIpc) is 2.11. The number of hydrogen-bond acceptors (Lipinski definition) is 3. The molecular weight excluding hydrogens is 228 g/mol. The van der Waals surface area contributed by atoms with Crippen LogP contribution in [0.3, 0.4) is 0 Å². The van der Waals surface area contributed by atoms with E-state index < -0.39 is 11.7 Å². The minimum Gasteiger partial charge on any atom is -0.444 e. The van der Waals surface area contributed by atoms with Crippen molar-refractivity contribution in [1.82, 2.24) is 5.32 Å². The van der Waals surface area contributed by atoms with Crippen LogP contribution in [0.25, 0.3) is 0 Å². The highest BCUT2D eigenvalue weighted by Gasteiger charge is 2.19. The third kappa shape index (κ3) is 3.47. The largest absolute Gasteiger partial charge is 0.444 e. The van der Waals surface area contributed by atoms with Gasteiger partial charge in [0.15, 0.2) is 0 Å². The lowest BCUT2D eigenvalue weighted by Crippen LogP contribution is -2.35. The Morgan fingerprint density at radius 1 is 1.44 bits per heavy atom. The molecule has 0 aliphatic carbocycles. The number of rotatable bonds is 2. The topological polar surface area (TPSA) is 50.4 Å². The van der Waals surface area contributed by atoms with Crippen molar-refractivity contribution in [3.8, 4) is 0 Å². The first-order valence-electron chi connectivity index (χ1n) is 6.27. The van der Waals surface area contributed by atoms with E-state index in [4.69, 9.17) is 4.74 Å². The second-order valence-electron chi connectivity index (χ2n) is 5.55. The molecule has 0 saturated carbocycles. The fourth-order valence-electron chi connectivity index (χ4n) is 1.83. The fraction of sp³-hybridized carbons (Fsp3) is 0.500. The Kier molecular flexibility index (Phi) is 3.57. The van der Waals surface area contributed by atoms with Gasteiger partial charge in [-0.3, -0.25) is 5.32 Å². The molecule has 1 aromatic carbocycles. The van der Waals surface area contributed by atoms with Crippen molar-refractivity contribution in [3.63, 3.8) is 0 Å². The van der Waals surface area contributed by atoms with Crippen LogP contribution < -0.4 is 10.6 Å². The number of hydrogen-bond donors (Lipinski definition) is 2. The van der Waals surface area contributed by atoms with Crippen LogP contribution in [-0.2, 0) is 4.74 Å². The molecule has 0 aromatic heterocycles. The molecule has 0 unspecified atom stereocenters. The van der Waals surface area contributed by atoms with Gasteiger partial charge in [0, 0.05) is 11.7 Å². The molecule has 98 valence electrons. The zero-order chi connectivity index (χ0) is 13.2. The SMILES string of the molecule is CC(C)(C)OC(=O)Nc1cccc([C@H]2CCN2)c1. The number of amides is 1. The van der Waals surface area contributed by atoms with Crippen LogP contribution in [0.2, 0.25) is 0 Å². The molecule has 0 spiro atoms. The molecule has 1 heterocycles.